The van der Waals surface area contributed by atoms with E-state index in [9.17, 15) is 4.79 Å². The predicted molar refractivity (Wildman–Crippen MR) is 96.1 cm³/mol. The molecule has 0 aliphatic carbocycles. The van der Waals surface area contributed by atoms with Crippen molar-refractivity contribution in [3.8, 4) is 5.75 Å². The molecule has 3 rings (SSSR count). The zero-order chi connectivity index (χ0) is 16.6. The monoisotopic (exact) mass is 322 g/mol. The van der Waals surface area contributed by atoms with Crippen molar-refractivity contribution in [2.24, 2.45) is 0 Å². The summed E-state index contributed by atoms with van der Waals surface area (Å²) in [5.74, 6) is 0.827. The second kappa shape index (κ2) is 8.20. The number of aryl methyl sites for hydroxylation is 1. The van der Waals surface area contributed by atoms with Crippen LogP contribution in [-0.4, -0.2) is 23.6 Å². The van der Waals surface area contributed by atoms with Gasteiger partial charge in [0.25, 0.3) is 0 Å². The third kappa shape index (κ3) is 4.38. The number of hydrogen-bond donors (Lipinski definition) is 1. The molecule has 0 bridgehead atoms. The van der Waals surface area contributed by atoms with Crippen molar-refractivity contribution >= 4 is 16.8 Å². The van der Waals surface area contributed by atoms with Crippen molar-refractivity contribution in [3.05, 3.63) is 66.9 Å². The van der Waals surface area contributed by atoms with Gasteiger partial charge in [0.15, 0.2) is 0 Å². The molecule has 0 saturated carbocycles. The SMILES string of the molecule is O=C(CCOc1ccccc1)NCCCn1ccc2ccccc21. The number of amides is 1. The van der Waals surface area contributed by atoms with Crippen LogP contribution in [0, 0.1) is 0 Å². The molecule has 3 aromatic rings. The van der Waals surface area contributed by atoms with E-state index in [1.165, 1.54) is 10.9 Å². The van der Waals surface area contributed by atoms with Gasteiger partial charge in [-0.3, -0.25) is 4.79 Å². The van der Waals surface area contributed by atoms with Gasteiger partial charge in [0, 0.05) is 24.8 Å². The fraction of sp³-hybridized carbons (Fsp3) is 0.250. The van der Waals surface area contributed by atoms with Gasteiger partial charge >= 0.3 is 0 Å². The number of benzene rings is 2. The lowest BCUT2D eigenvalue weighted by molar-refractivity contribution is -0.121. The molecule has 1 amide bonds. The van der Waals surface area contributed by atoms with Crippen molar-refractivity contribution in [3.63, 3.8) is 0 Å². The van der Waals surface area contributed by atoms with E-state index < -0.39 is 0 Å². The second-order valence-electron chi connectivity index (χ2n) is 5.68. The fourth-order valence-electron chi connectivity index (χ4n) is 2.68. The molecule has 0 spiro atoms. The van der Waals surface area contributed by atoms with Gasteiger partial charge in [-0.05, 0) is 36.1 Å². The Balaban J connectivity index is 1.33. The van der Waals surface area contributed by atoms with Crippen molar-refractivity contribution in [1.82, 2.24) is 9.88 Å². The van der Waals surface area contributed by atoms with Crippen LogP contribution in [0.4, 0.5) is 0 Å². The highest BCUT2D eigenvalue weighted by atomic mass is 16.5. The third-order valence-electron chi connectivity index (χ3n) is 3.92. The summed E-state index contributed by atoms with van der Waals surface area (Å²) in [5, 5.41) is 4.20. The smallest absolute Gasteiger partial charge is 0.223 e. The number of para-hydroxylation sites is 2. The number of hydrogen-bond acceptors (Lipinski definition) is 2. The lowest BCUT2D eigenvalue weighted by atomic mass is 10.2. The minimum Gasteiger partial charge on any atom is -0.493 e. The lowest BCUT2D eigenvalue weighted by Crippen LogP contribution is -2.26. The molecule has 0 atom stereocenters. The van der Waals surface area contributed by atoms with Crippen LogP contribution in [0.5, 0.6) is 5.75 Å². The van der Waals surface area contributed by atoms with Gasteiger partial charge in [0.1, 0.15) is 5.75 Å². The molecule has 0 unspecified atom stereocenters. The molecule has 0 radical (unpaired) electrons. The first-order valence-electron chi connectivity index (χ1n) is 8.31. The average Bonchev–Trinajstić information content (AvgIpc) is 3.03. The molecular formula is C20H22N2O2. The van der Waals surface area contributed by atoms with Gasteiger partial charge in [-0.25, -0.2) is 0 Å². The summed E-state index contributed by atoms with van der Waals surface area (Å²) >= 11 is 0. The Morgan fingerprint density at radius 2 is 1.79 bits per heavy atom. The maximum Gasteiger partial charge on any atom is 0.223 e. The summed E-state index contributed by atoms with van der Waals surface area (Å²) in [6, 6.07) is 20.0. The second-order valence-corrected chi connectivity index (χ2v) is 5.68. The highest BCUT2D eigenvalue weighted by Crippen LogP contribution is 2.15. The van der Waals surface area contributed by atoms with Gasteiger partial charge in [-0.2, -0.15) is 0 Å². The summed E-state index contributed by atoms with van der Waals surface area (Å²) in [5.41, 5.74) is 1.24. The minimum absolute atomic E-state index is 0.0308. The number of ether oxygens (including phenoxy) is 1. The highest BCUT2D eigenvalue weighted by molar-refractivity contribution is 5.79. The third-order valence-corrected chi connectivity index (χ3v) is 3.92. The molecule has 0 saturated heterocycles. The minimum atomic E-state index is 0.0308. The first-order valence-corrected chi connectivity index (χ1v) is 8.31. The Kier molecular flexibility index (Phi) is 5.51. The van der Waals surface area contributed by atoms with Crippen LogP contribution in [0.3, 0.4) is 0 Å². The maximum absolute atomic E-state index is 11.8. The van der Waals surface area contributed by atoms with Gasteiger partial charge in [0.05, 0.1) is 13.0 Å². The molecule has 124 valence electrons. The Morgan fingerprint density at radius 1 is 1.00 bits per heavy atom. The highest BCUT2D eigenvalue weighted by Gasteiger charge is 2.03. The van der Waals surface area contributed by atoms with Crippen molar-refractivity contribution in [2.45, 2.75) is 19.4 Å². The van der Waals surface area contributed by atoms with Gasteiger partial charge in [-0.1, -0.05) is 36.4 Å². The van der Waals surface area contributed by atoms with E-state index >= 15 is 0 Å². The summed E-state index contributed by atoms with van der Waals surface area (Å²) in [6.07, 6.45) is 3.38. The summed E-state index contributed by atoms with van der Waals surface area (Å²) < 4.78 is 7.75. The van der Waals surface area contributed by atoms with E-state index in [4.69, 9.17) is 4.74 Å². The first-order chi connectivity index (χ1) is 11.8. The van der Waals surface area contributed by atoms with Crippen LogP contribution in [0.2, 0.25) is 0 Å². The largest absolute Gasteiger partial charge is 0.493 e. The molecule has 4 nitrogen and oxygen atoms in total. The van der Waals surface area contributed by atoms with Crippen LogP contribution in [0.25, 0.3) is 10.9 Å². The Morgan fingerprint density at radius 3 is 2.67 bits per heavy atom. The zero-order valence-electron chi connectivity index (χ0n) is 13.7. The van der Waals surface area contributed by atoms with Crippen molar-refractivity contribution in [2.75, 3.05) is 13.2 Å². The van der Waals surface area contributed by atoms with E-state index in [2.05, 4.69) is 34.3 Å². The van der Waals surface area contributed by atoms with E-state index in [1.54, 1.807) is 0 Å². The standard InChI is InChI=1S/C20H22N2O2/c23-20(12-16-24-18-8-2-1-3-9-18)21-13-6-14-22-15-11-17-7-4-5-10-19(17)22/h1-5,7-11,15H,6,12-14,16H2,(H,21,23). The van der Waals surface area contributed by atoms with Crippen molar-refractivity contribution < 1.29 is 9.53 Å². The van der Waals surface area contributed by atoms with Gasteiger partial charge in [0.2, 0.25) is 5.91 Å². The van der Waals surface area contributed by atoms with Crippen LogP contribution >= 0.6 is 0 Å². The number of carbonyl (C=O) groups excluding carboxylic acids is 1. The number of rotatable bonds is 8. The van der Waals surface area contributed by atoms with Crippen molar-refractivity contribution in [1.29, 1.82) is 0 Å². The van der Waals surface area contributed by atoms with E-state index in [0.29, 0.717) is 19.6 Å². The molecule has 0 aliphatic rings. The Bertz CT molecular complexity index is 780. The van der Waals surface area contributed by atoms with E-state index in [1.807, 2.05) is 42.5 Å². The quantitative estimate of drug-likeness (QED) is 0.644. The Labute approximate surface area is 142 Å². The van der Waals surface area contributed by atoms with Crippen LogP contribution in [-0.2, 0) is 11.3 Å². The lowest BCUT2D eigenvalue weighted by Gasteiger charge is -2.08. The van der Waals surface area contributed by atoms with Gasteiger partial charge < -0.3 is 14.6 Å². The average molecular weight is 322 g/mol. The van der Waals surface area contributed by atoms with E-state index in [-0.39, 0.29) is 5.91 Å². The van der Waals surface area contributed by atoms with Crippen LogP contribution < -0.4 is 10.1 Å². The summed E-state index contributed by atoms with van der Waals surface area (Å²) in [6.45, 7) is 1.98. The fourth-order valence-corrected chi connectivity index (χ4v) is 2.68. The number of aromatic nitrogens is 1. The number of nitrogens with zero attached hydrogens (tertiary/aromatic N) is 1. The normalized spacial score (nSPS) is 10.7. The molecule has 2 aromatic carbocycles. The summed E-state index contributed by atoms with van der Waals surface area (Å²) in [7, 11) is 0. The number of nitrogens with one attached hydrogen (secondary N) is 1. The van der Waals surface area contributed by atoms with Crippen LogP contribution in [0.1, 0.15) is 12.8 Å². The van der Waals surface area contributed by atoms with E-state index in [0.717, 1.165) is 18.7 Å². The van der Waals surface area contributed by atoms with Gasteiger partial charge in [-0.15, -0.1) is 0 Å². The molecule has 0 aliphatic heterocycles. The maximum atomic E-state index is 11.8. The molecule has 1 N–H and O–H groups in total. The number of carbonyl (C=O) groups is 1. The van der Waals surface area contributed by atoms with Crippen LogP contribution in [0.15, 0.2) is 66.9 Å². The first kappa shape index (κ1) is 16.1. The predicted octanol–water partition coefficient (Wildman–Crippen LogP) is 3.62. The molecule has 4 heteroatoms. The molecule has 1 heterocycles. The molecule has 1 aromatic heterocycles. The zero-order valence-corrected chi connectivity index (χ0v) is 13.7. The molecular weight excluding hydrogens is 300 g/mol. The number of fused-ring (bicyclic) bond motifs is 1. The summed E-state index contributed by atoms with van der Waals surface area (Å²) in [4.78, 5) is 11.8. The topological polar surface area (TPSA) is 43.3 Å². The Hall–Kier alpha value is -2.75. The molecule has 24 heavy (non-hydrogen) atoms. The molecule has 0 fully saturated rings.